The average molecular weight is 542 g/mol. The highest BCUT2D eigenvalue weighted by atomic mass is 19.4. The SMILES string of the molecule is Cc1ccc(NC(=O)Nc2ccc(C(F)(F)F)nc2)cc1-c1cc(N2CCNCC2)nc(N2CCOCC2)c1. The third kappa shape index (κ3) is 6.58. The highest BCUT2D eigenvalue weighted by Crippen LogP contribution is 2.33. The Kier molecular flexibility index (Phi) is 7.84. The number of alkyl halides is 3. The first-order chi connectivity index (χ1) is 18.8. The van der Waals surface area contributed by atoms with Crippen LogP contribution < -0.4 is 25.8 Å². The number of halogens is 3. The summed E-state index contributed by atoms with van der Waals surface area (Å²) in [6.45, 7) is 8.33. The number of piperazine rings is 1. The van der Waals surface area contributed by atoms with Crippen LogP contribution in [0.5, 0.6) is 0 Å². The highest BCUT2D eigenvalue weighted by Gasteiger charge is 2.32. The van der Waals surface area contributed by atoms with Crippen molar-refractivity contribution in [2.24, 2.45) is 0 Å². The maximum Gasteiger partial charge on any atom is 0.433 e. The van der Waals surface area contributed by atoms with Gasteiger partial charge in [0.05, 0.1) is 25.1 Å². The monoisotopic (exact) mass is 541 g/mol. The lowest BCUT2D eigenvalue weighted by molar-refractivity contribution is -0.141. The lowest BCUT2D eigenvalue weighted by Gasteiger charge is -2.32. The van der Waals surface area contributed by atoms with Gasteiger partial charge in [-0.25, -0.2) is 14.8 Å². The summed E-state index contributed by atoms with van der Waals surface area (Å²) in [6.07, 6.45) is -3.57. The zero-order valence-electron chi connectivity index (χ0n) is 21.5. The predicted octanol–water partition coefficient (Wildman–Crippen LogP) is 4.36. The molecule has 9 nitrogen and oxygen atoms in total. The van der Waals surface area contributed by atoms with Crippen molar-refractivity contribution in [2.75, 3.05) is 72.9 Å². The van der Waals surface area contributed by atoms with E-state index in [-0.39, 0.29) is 5.69 Å². The number of carbonyl (C=O) groups is 1. The number of hydrogen-bond donors (Lipinski definition) is 3. The molecule has 0 radical (unpaired) electrons. The zero-order chi connectivity index (χ0) is 27.4. The van der Waals surface area contributed by atoms with E-state index in [0.29, 0.717) is 18.9 Å². The molecule has 0 atom stereocenters. The first-order valence-electron chi connectivity index (χ1n) is 12.8. The Morgan fingerprint density at radius 1 is 0.923 bits per heavy atom. The minimum absolute atomic E-state index is 0.151. The summed E-state index contributed by atoms with van der Waals surface area (Å²) in [5, 5.41) is 8.67. The van der Waals surface area contributed by atoms with Gasteiger partial charge in [-0.15, -0.1) is 0 Å². The standard InChI is InChI=1S/C27H30F3N7O2/c1-18-2-3-20(33-26(38)34-21-4-5-23(32-17-21)27(28,29)30)16-22(18)19-14-24(36-8-6-31-7-9-36)35-25(15-19)37-10-12-39-13-11-37/h2-5,14-17,31H,6-13H2,1H3,(H2,33,34,38). The Hall–Kier alpha value is -3.90. The third-order valence-electron chi connectivity index (χ3n) is 6.69. The van der Waals surface area contributed by atoms with E-state index in [9.17, 15) is 18.0 Å². The number of ether oxygens (including phenoxy) is 1. The van der Waals surface area contributed by atoms with Gasteiger partial charge in [-0.3, -0.25) is 0 Å². The number of rotatable bonds is 5. The van der Waals surface area contributed by atoms with E-state index in [1.165, 1.54) is 0 Å². The van der Waals surface area contributed by atoms with Crippen molar-refractivity contribution in [1.29, 1.82) is 0 Å². The fourth-order valence-corrected chi connectivity index (χ4v) is 4.61. The smallest absolute Gasteiger partial charge is 0.378 e. The normalized spacial score (nSPS) is 16.2. The number of morpholine rings is 1. The molecule has 2 saturated heterocycles. The summed E-state index contributed by atoms with van der Waals surface area (Å²) >= 11 is 0. The van der Waals surface area contributed by atoms with Crippen molar-refractivity contribution in [3.8, 4) is 11.1 Å². The molecule has 0 unspecified atom stereocenters. The molecule has 2 aliphatic heterocycles. The van der Waals surface area contributed by atoms with Gasteiger partial charge in [0.2, 0.25) is 0 Å². The number of carbonyl (C=O) groups excluding carboxylic acids is 1. The maximum absolute atomic E-state index is 12.8. The zero-order valence-corrected chi connectivity index (χ0v) is 21.5. The van der Waals surface area contributed by atoms with Crippen LogP contribution in [0.15, 0.2) is 48.7 Å². The molecule has 206 valence electrons. The molecule has 2 fully saturated rings. The quantitative estimate of drug-likeness (QED) is 0.442. The molecule has 1 aromatic carbocycles. The molecule has 3 N–H and O–H groups in total. The van der Waals surface area contributed by atoms with Gasteiger partial charge in [0.15, 0.2) is 0 Å². The lowest BCUT2D eigenvalue weighted by atomic mass is 10.00. The number of amides is 2. The Morgan fingerprint density at radius 3 is 2.21 bits per heavy atom. The van der Waals surface area contributed by atoms with Crippen molar-refractivity contribution in [2.45, 2.75) is 13.1 Å². The van der Waals surface area contributed by atoms with Crippen molar-refractivity contribution in [3.05, 3.63) is 59.9 Å². The number of nitrogens with one attached hydrogen (secondary N) is 3. The summed E-state index contributed by atoms with van der Waals surface area (Å²) in [5.74, 6) is 1.79. The Morgan fingerprint density at radius 2 is 1.56 bits per heavy atom. The molecular weight excluding hydrogens is 511 g/mol. The Labute approximate surface area is 224 Å². The first kappa shape index (κ1) is 26.7. The van der Waals surface area contributed by atoms with E-state index >= 15 is 0 Å². The topological polar surface area (TPSA) is 94.7 Å². The van der Waals surface area contributed by atoms with E-state index in [0.717, 1.165) is 85.9 Å². The van der Waals surface area contributed by atoms with E-state index in [2.05, 4.69) is 42.9 Å². The molecule has 2 aromatic heterocycles. The van der Waals surface area contributed by atoms with Crippen molar-refractivity contribution in [3.63, 3.8) is 0 Å². The molecule has 5 rings (SSSR count). The van der Waals surface area contributed by atoms with Gasteiger partial charge in [-0.05, 0) is 60.0 Å². The summed E-state index contributed by atoms with van der Waals surface area (Å²) in [4.78, 5) is 25.5. The molecule has 0 spiro atoms. The Balaban J connectivity index is 1.39. The van der Waals surface area contributed by atoms with E-state index < -0.39 is 17.9 Å². The highest BCUT2D eigenvalue weighted by molar-refractivity contribution is 6.00. The number of benzene rings is 1. The average Bonchev–Trinajstić information content (AvgIpc) is 2.94. The van der Waals surface area contributed by atoms with Gasteiger partial charge in [0, 0.05) is 45.0 Å². The number of aryl methyl sites for hydroxylation is 1. The second-order valence-corrected chi connectivity index (χ2v) is 9.45. The van der Waals surface area contributed by atoms with Crippen LogP contribution in [0.2, 0.25) is 0 Å². The second kappa shape index (κ2) is 11.5. The summed E-state index contributed by atoms with van der Waals surface area (Å²) < 4.78 is 43.8. The van der Waals surface area contributed by atoms with Gasteiger partial charge in [-0.2, -0.15) is 13.2 Å². The van der Waals surface area contributed by atoms with Gasteiger partial charge < -0.3 is 30.5 Å². The predicted molar refractivity (Wildman–Crippen MR) is 144 cm³/mol. The number of pyridine rings is 2. The molecule has 12 heteroatoms. The minimum Gasteiger partial charge on any atom is -0.378 e. The van der Waals surface area contributed by atoms with E-state index in [4.69, 9.17) is 9.72 Å². The fraction of sp³-hybridized carbons (Fsp3) is 0.370. The van der Waals surface area contributed by atoms with Crippen LogP contribution in [0.3, 0.4) is 0 Å². The van der Waals surface area contributed by atoms with Gasteiger partial charge in [0.25, 0.3) is 0 Å². The van der Waals surface area contributed by atoms with Crippen LogP contribution in [0.1, 0.15) is 11.3 Å². The first-order valence-corrected chi connectivity index (χ1v) is 12.8. The molecular formula is C27H30F3N7O2. The van der Waals surface area contributed by atoms with E-state index in [1.54, 1.807) is 6.07 Å². The minimum atomic E-state index is -4.54. The van der Waals surface area contributed by atoms with Gasteiger partial charge in [-0.1, -0.05) is 6.07 Å². The van der Waals surface area contributed by atoms with Crippen LogP contribution >= 0.6 is 0 Å². The van der Waals surface area contributed by atoms with Crippen LogP contribution in [0, 0.1) is 6.92 Å². The van der Waals surface area contributed by atoms with Crippen LogP contribution in [-0.2, 0) is 10.9 Å². The molecule has 2 amide bonds. The molecule has 3 aromatic rings. The summed E-state index contributed by atoms with van der Waals surface area (Å²) in [5.41, 5.74) is 2.62. The van der Waals surface area contributed by atoms with Gasteiger partial charge in [0.1, 0.15) is 17.3 Å². The Bertz CT molecular complexity index is 1270. The molecule has 0 bridgehead atoms. The molecule has 0 aliphatic carbocycles. The number of anilines is 4. The summed E-state index contributed by atoms with van der Waals surface area (Å²) in [6, 6.07) is 11.1. The van der Waals surface area contributed by atoms with Crippen molar-refractivity contribution < 1.29 is 22.7 Å². The van der Waals surface area contributed by atoms with Crippen molar-refractivity contribution >= 4 is 29.0 Å². The molecule has 2 aliphatic rings. The maximum atomic E-state index is 12.8. The van der Waals surface area contributed by atoms with Crippen LogP contribution in [0.4, 0.5) is 41.0 Å². The van der Waals surface area contributed by atoms with Crippen LogP contribution in [0.25, 0.3) is 11.1 Å². The third-order valence-corrected chi connectivity index (χ3v) is 6.69. The molecule has 39 heavy (non-hydrogen) atoms. The van der Waals surface area contributed by atoms with Crippen molar-refractivity contribution in [1.82, 2.24) is 15.3 Å². The van der Waals surface area contributed by atoms with Crippen LogP contribution in [-0.4, -0.2) is 68.5 Å². The summed E-state index contributed by atoms with van der Waals surface area (Å²) in [7, 11) is 0. The number of hydrogen-bond acceptors (Lipinski definition) is 7. The van der Waals surface area contributed by atoms with Gasteiger partial charge >= 0.3 is 12.2 Å². The lowest BCUT2D eigenvalue weighted by Crippen LogP contribution is -2.44. The molecule has 0 saturated carbocycles. The largest absolute Gasteiger partial charge is 0.433 e. The molecule has 4 heterocycles. The van der Waals surface area contributed by atoms with E-state index in [1.807, 2.05) is 19.1 Å². The fourth-order valence-electron chi connectivity index (χ4n) is 4.61. The number of nitrogens with zero attached hydrogens (tertiary/aromatic N) is 4. The number of aromatic nitrogens is 2. The second-order valence-electron chi connectivity index (χ2n) is 9.45. The number of urea groups is 1.